The van der Waals surface area contributed by atoms with Crippen molar-refractivity contribution in [2.75, 3.05) is 18.0 Å². The number of hydrogen-bond donors (Lipinski definition) is 1. The Hall–Kier alpha value is -1.13. The number of benzene rings is 1. The van der Waals surface area contributed by atoms with Gasteiger partial charge in [-0.05, 0) is 40.4 Å². The standard InChI is InChI=1S/C15H18BrN3/c1-10-9-19(6-5-13(10)17)14-4-2-3-11-7-12(16)8-18-15(11)14/h2-4,7-8,10,13H,5-6,9,17H2,1H3. The van der Waals surface area contributed by atoms with E-state index >= 15 is 0 Å². The van der Waals surface area contributed by atoms with Gasteiger partial charge in [-0.15, -0.1) is 0 Å². The summed E-state index contributed by atoms with van der Waals surface area (Å²) in [6.45, 7) is 4.26. The normalized spacial score (nSPS) is 23.8. The van der Waals surface area contributed by atoms with Gasteiger partial charge in [-0.2, -0.15) is 0 Å². The number of hydrogen-bond acceptors (Lipinski definition) is 3. The summed E-state index contributed by atoms with van der Waals surface area (Å²) in [6, 6.07) is 8.81. The molecule has 1 aromatic heterocycles. The molecule has 2 aromatic rings. The minimum Gasteiger partial charge on any atom is -0.369 e. The van der Waals surface area contributed by atoms with Crippen molar-refractivity contribution in [2.45, 2.75) is 19.4 Å². The van der Waals surface area contributed by atoms with E-state index < -0.39 is 0 Å². The van der Waals surface area contributed by atoms with Crippen molar-refractivity contribution in [1.82, 2.24) is 4.98 Å². The highest BCUT2D eigenvalue weighted by Crippen LogP contribution is 2.29. The molecule has 1 fully saturated rings. The largest absolute Gasteiger partial charge is 0.369 e. The minimum absolute atomic E-state index is 0.327. The number of piperidine rings is 1. The van der Waals surface area contributed by atoms with Gasteiger partial charge in [-0.3, -0.25) is 4.98 Å². The molecule has 3 rings (SSSR count). The molecule has 1 aliphatic rings. The maximum absolute atomic E-state index is 6.10. The zero-order valence-electron chi connectivity index (χ0n) is 11.0. The summed E-state index contributed by atoms with van der Waals surface area (Å²) in [4.78, 5) is 6.99. The highest BCUT2D eigenvalue weighted by atomic mass is 79.9. The summed E-state index contributed by atoms with van der Waals surface area (Å²) >= 11 is 3.48. The first-order valence-electron chi connectivity index (χ1n) is 6.70. The highest BCUT2D eigenvalue weighted by molar-refractivity contribution is 9.10. The molecule has 2 atom stereocenters. The number of nitrogens with zero attached hydrogens (tertiary/aromatic N) is 2. The van der Waals surface area contributed by atoms with Gasteiger partial charge < -0.3 is 10.6 Å². The number of rotatable bonds is 1. The molecule has 1 aromatic carbocycles. The summed E-state index contributed by atoms with van der Waals surface area (Å²) in [5.74, 6) is 0.527. The third-order valence-corrected chi connectivity index (χ3v) is 4.40. The third kappa shape index (κ3) is 2.47. The molecule has 19 heavy (non-hydrogen) atoms. The average Bonchev–Trinajstić information content (AvgIpc) is 2.41. The van der Waals surface area contributed by atoms with Crippen LogP contribution in [-0.4, -0.2) is 24.1 Å². The lowest BCUT2D eigenvalue weighted by atomic mass is 9.94. The number of aromatic nitrogens is 1. The molecule has 0 amide bonds. The Morgan fingerprint density at radius 3 is 3.05 bits per heavy atom. The van der Waals surface area contributed by atoms with E-state index in [0.29, 0.717) is 12.0 Å². The first-order chi connectivity index (χ1) is 9.15. The summed E-state index contributed by atoms with van der Waals surface area (Å²) in [5.41, 5.74) is 8.41. The SMILES string of the molecule is CC1CN(c2cccc3cc(Br)cnc23)CCC1N. The molecule has 0 aliphatic carbocycles. The molecular formula is C15H18BrN3. The number of fused-ring (bicyclic) bond motifs is 1. The van der Waals surface area contributed by atoms with Crippen LogP contribution in [0.4, 0.5) is 5.69 Å². The van der Waals surface area contributed by atoms with Crippen LogP contribution in [0, 0.1) is 5.92 Å². The summed E-state index contributed by atoms with van der Waals surface area (Å²) in [6.07, 6.45) is 2.92. The second kappa shape index (κ2) is 5.10. The van der Waals surface area contributed by atoms with E-state index in [1.54, 1.807) is 0 Å². The van der Waals surface area contributed by atoms with E-state index in [9.17, 15) is 0 Å². The van der Waals surface area contributed by atoms with E-state index in [1.165, 1.54) is 11.1 Å². The molecule has 2 heterocycles. The van der Waals surface area contributed by atoms with Gasteiger partial charge >= 0.3 is 0 Å². The lowest BCUT2D eigenvalue weighted by Gasteiger charge is -2.36. The second-order valence-electron chi connectivity index (χ2n) is 5.38. The van der Waals surface area contributed by atoms with Gasteiger partial charge in [0.25, 0.3) is 0 Å². The van der Waals surface area contributed by atoms with Gasteiger partial charge in [0.05, 0.1) is 11.2 Å². The van der Waals surface area contributed by atoms with Crippen molar-refractivity contribution < 1.29 is 0 Å². The molecule has 0 bridgehead atoms. The van der Waals surface area contributed by atoms with Crippen LogP contribution in [0.5, 0.6) is 0 Å². The predicted octanol–water partition coefficient (Wildman–Crippen LogP) is 3.17. The quantitative estimate of drug-likeness (QED) is 0.877. The zero-order chi connectivity index (χ0) is 13.4. The van der Waals surface area contributed by atoms with Crippen molar-refractivity contribution in [3.63, 3.8) is 0 Å². The summed E-state index contributed by atoms with van der Waals surface area (Å²) in [5, 5.41) is 1.18. The number of pyridine rings is 1. The van der Waals surface area contributed by atoms with Gasteiger partial charge in [0.1, 0.15) is 0 Å². The van der Waals surface area contributed by atoms with Crippen LogP contribution in [0.1, 0.15) is 13.3 Å². The molecule has 100 valence electrons. The monoisotopic (exact) mass is 319 g/mol. The van der Waals surface area contributed by atoms with E-state index in [-0.39, 0.29) is 0 Å². The van der Waals surface area contributed by atoms with Gasteiger partial charge in [0.15, 0.2) is 0 Å². The molecule has 0 spiro atoms. The van der Waals surface area contributed by atoms with Crippen LogP contribution in [-0.2, 0) is 0 Å². The molecule has 3 nitrogen and oxygen atoms in total. The van der Waals surface area contributed by atoms with Crippen LogP contribution < -0.4 is 10.6 Å². The molecule has 0 radical (unpaired) electrons. The fourth-order valence-corrected chi connectivity index (χ4v) is 3.10. The summed E-state index contributed by atoms with van der Waals surface area (Å²) < 4.78 is 1.02. The van der Waals surface area contributed by atoms with E-state index in [2.05, 4.69) is 57.0 Å². The minimum atomic E-state index is 0.327. The average molecular weight is 320 g/mol. The van der Waals surface area contributed by atoms with Gasteiger partial charge in [-0.1, -0.05) is 19.1 Å². The van der Waals surface area contributed by atoms with E-state index in [4.69, 9.17) is 5.73 Å². The Balaban J connectivity index is 2.01. The van der Waals surface area contributed by atoms with Crippen molar-refractivity contribution in [3.05, 3.63) is 34.9 Å². The Labute approximate surface area is 121 Å². The first-order valence-corrected chi connectivity index (χ1v) is 7.49. The smallest absolute Gasteiger partial charge is 0.0936 e. The maximum Gasteiger partial charge on any atom is 0.0936 e. The molecule has 0 saturated carbocycles. The molecule has 2 unspecified atom stereocenters. The number of para-hydroxylation sites is 1. The van der Waals surface area contributed by atoms with Gasteiger partial charge in [0, 0.05) is 35.2 Å². The zero-order valence-corrected chi connectivity index (χ0v) is 12.6. The van der Waals surface area contributed by atoms with Crippen LogP contribution in [0.15, 0.2) is 34.9 Å². The number of halogens is 1. The van der Waals surface area contributed by atoms with E-state index in [0.717, 1.165) is 29.5 Å². The Kier molecular flexibility index (Phi) is 3.46. The van der Waals surface area contributed by atoms with Crippen LogP contribution in [0.2, 0.25) is 0 Å². The van der Waals surface area contributed by atoms with Crippen LogP contribution in [0.3, 0.4) is 0 Å². The number of anilines is 1. The van der Waals surface area contributed by atoms with Crippen molar-refractivity contribution in [1.29, 1.82) is 0 Å². The molecule has 4 heteroatoms. The summed E-state index contributed by atoms with van der Waals surface area (Å²) in [7, 11) is 0. The van der Waals surface area contributed by atoms with E-state index in [1.807, 2.05) is 6.20 Å². The molecule has 2 N–H and O–H groups in total. The van der Waals surface area contributed by atoms with Crippen molar-refractivity contribution in [2.24, 2.45) is 11.7 Å². The van der Waals surface area contributed by atoms with Crippen LogP contribution in [0.25, 0.3) is 10.9 Å². The fourth-order valence-electron chi connectivity index (χ4n) is 2.76. The maximum atomic E-state index is 6.10. The number of nitrogens with two attached hydrogens (primary N) is 1. The lowest BCUT2D eigenvalue weighted by molar-refractivity contribution is 0.383. The first kappa shape index (κ1) is 12.9. The fraction of sp³-hybridized carbons (Fsp3) is 0.400. The molecular weight excluding hydrogens is 302 g/mol. The van der Waals surface area contributed by atoms with Gasteiger partial charge in [0.2, 0.25) is 0 Å². The predicted molar refractivity (Wildman–Crippen MR) is 83.4 cm³/mol. The molecule has 1 aliphatic heterocycles. The Morgan fingerprint density at radius 2 is 2.26 bits per heavy atom. The Bertz CT molecular complexity index is 599. The third-order valence-electron chi connectivity index (χ3n) is 3.97. The van der Waals surface area contributed by atoms with Crippen LogP contribution >= 0.6 is 15.9 Å². The van der Waals surface area contributed by atoms with Crippen molar-refractivity contribution >= 4 is 32.5 Å². The van der Waals surface area contributed by atoms with Gasteiger partial charge in [-0.25, -0.2) is 0 Å². The van der Waals surface area contributed by atoms with Crippen molar-refractivity contribution in [3.8, 4) is 0 Å². The molecule has 1 saturated heterocycles. The highest BCUT2D eigenvalue weighted by Gasteiger charge is 2.24. The lowest BCUT2D eigenvalue weighted by Crippen LogP contribution is -2.46. The Morgan fingerprint density at radius 1 is 1.42 bits per heavy atom. The second-order valence-corrected chi connectivity index (χ2v) is 6.29. The topological polar surface area (TPSA) is 42.2 Å².